The van der Waals surface area contributed by atoms with Crippen molar-refractivity contribution in [2.75, 3.05) is 6.54 Å². The van der Waals surface area contributed by atoms with Crippen LogP contribution < -0.4 is 26.0 Å². The molecule has 17 nitrogen and oxygen atoms in total. The van der Waals surface area contributed by atoms with Gasteiger partial charge < -0.3 is 41.0 Å². The zero-order chi connectivity index (χ0) is 47.4. The molecule has 4 rings (SSSR count). The number of carbonyl (C=O) groups excluding carboxylic acids is 5. The van der Waals surface area contributed by atoms with Crippen LogP contribution in [-0.2, 0) is 52.8 Å². The lowest BCUT2D eigenvalue weighted by Gasteiger charge is -2.28. The zero-order valence-electron chi connectivity index (χ0n) is 36.4. The Bertz CT molecular complexity index is 2220. The van der Waals surface area contributed by atoms with E-state index in [-0.39, 0.29) is 30.7 Å². The van der Waals surface area contributed by atoms with E-state index in [0.717, 1.165) is 5.56 Å². The molecular weight excluding hydrogens is 839 g/mol. The maximum Gasteiger partial charge on any atom is 0.408 e. The molecule has 0 aliphatic heterocycles. The number of aryl methyl sites for hydroxylation is 1. The standard InChI is InChI=1S/C48H55N5O12/c1-48(2,3)65-47(62)52-40(29-35(46(60)61)27-33-18-11-6-12-19-33)44(57)51-39(28-34(45(58)59)26-32-16-9-5-10-17-32)43(56)50-38(21-13-20-31-14-7-4-8-15-31)42(55)49-30-41(54)64-37-24-22-36(53-63)23-25-37/h4-12,14-19,22-25,34-35,38-40H,13,20-21,26-30H2,1-3H3,(H,49,55)(H,50,56)(H,51,57)(H,52,62)(H,58,59)(H,60,61). The SMILES string of the molecule is CC(C)(C)OC(=O)NC(CC(Cc1ccccc1)C(=O)O)C(=O)NC(CC(Cc1ccccc1)C(=O)O)C(=O)NC(CCCc1ccccc1)C(=O)NCC(=O)Oc1ccc(N=O)cc1. The molecule has 0 radical (unpaired) electrons. The van der Waals surface area contributed by atoms with Gasteiger partial charge in [0.1, 0.15) is 41.7 Å². The Hall–Kier alpha value is -7.43. The Morgan fingerprint density at radius 1 is 0.600 bits per heavy atom. The van der Waals surface area contributed by atoms with Gasteiger partial charge in [0.25, 0.3) is 0 Å². The van der Waals surface area contributed by atoms with Gasteiger partial charge in [0.2, 0.25) is 17.7 Å². The normalized spacial score (nSPS) is 13.3. The quantitative estimate of drug-likeness (QED) is 0.0283. The van der Waals surface area contributed by atoms with Gasteiger partial charge in [-0.25, -0.2) is 9.59 Å². The molecule has 4 amide bonds. The first-order valence-corrected chi connectivity index (χ1v) is 21.1. The summed E-state index contributed by atoms with van der Waals surface area (Å²) in [6, 6.07) is 27.4. The van der Waals surface area contributed by atoms with Crippen molar-refractivity contribution in [3.8, 4) is 5.75 Å². The van der Waals surface area contributed by atoms with E-state index in [9.17, 15) is 48.7 Å². The summed E-state index contributed by atoms with van der Waals surface area (Å²) in [7, 11) is 0. The van der Waals surface area contributed by atoms with Crippen LogP contribution in [0.5, 0.6) is 5.75 Å². The minimum absolute atomic E-state index is 0.0186. The average molecular weight is 894 g/mol. The van der Waals surface area contributed by atoms with Crippen LogP contribution in [0.25, 0.3) is 0 Å². The van der Waals surface area contributed by atoms with E-state index >= 15 is 0 Å². The minimum Gasteiger partial charge on any atom is -0.481 e. The van der Waals surface area contributed by atoms with Crippen molar-refractivity contribution in [1.82, 2.24) is 21.3 Å². The van der Waals surface area contributed by atoms with Crippen molar-refractivity contribution in [1.29, 1.82) is 0 Å². The second-order valence-corrected chi connectivity index (χ2v) is 16.4. The minimum atomic E-state index is -1.65. The van der Waals surface area contributed by atoms with E-state index in [1.54, 1.807) is 81.4 Å². The highest BCUT2D eigenvalue weighted by atomic mass is 16.6. The molecule has 0 aromatic heterocycles. The molecule has 344 valence electrons. The number of amides is 4. The number of aliphatic carboxylic acids is 2. The molecule has 0 saturated heterocycles. The van der Waals surface area contributed by atoms with E-state index in [2.05, 4.69) is 26.4 Å². The van der Waals surface area contributed by atoms with Gasteiger partial charge in [-0.2, -0.15) is 0 Å². The number of nitroso groups, excluding NO2 is 1. The summed E-state index contributed by atoms with van der Waals surface area (Å²) < 4.78 is 10.6. The second-order valence-electron chi connectivity index (χ2n) is 16.4. The molecule has 0 spiro atoms. The van der Waals surface area contributed by atoms with Gasteiger partial charge in [-0.15, -0.1) is 4.91 Å². The molecular formula is C48H55N5O12. The highest BCUT2D eigenvalue weighted by Crippen LogP contribution is 2.20. The number of carboxylic acid groups (broad SMARTS) is 2. The van der Waals surface area contributed by atoms with Crippen LogP contribution in [0.1, 0.15) is 63.1 Å². The Labute approximate surface area is 376 Å². The summed E-state index contributed by atoms with van der Waals surface area (Å²) in [4.78, 5) is 105. The molecule has 0 aliphatic rings. The Morgan fingerprint density at radius 2 is 1.06 bits per heavy atom. The van der Waals surface area contributed by atoms with Gasteiger partial charge >= 0.3 is 24.0 Å². The number of nitrogens with zero attached hydrogens (tertiary/aromatic N) is 1. The fraction of sp³-hybridized carbons (Fsp3) is 0.354. The molecule has 65 heavy (non-hydrogen) atoms. The van der Waals surface area contributed by atoms with Crippen LogP contribution >= 0.6 is 0 Å². The van der Waals surface area contributed by atoms with E-state index in [0.29, 0.717) is 24.0 Å². The number of hydrogen-bond donors (Lipinski definition) is 6. The number of nitrogens with one attached hydrogen (secondary N) is 4. The fourth-order valence-corrected chi connectivity index (χ4v) is 6.82. The summed E-state index contributed by atoms with van der Waals surface area (Å²) in [5.74, 6) is -8.56. The van der Waals surface area contributed by atoms with Gasteiger partial charge in [-0.1, -0.05) is 91.0 Å². The highest BCUT2D eigenvalue weighted by molar-refractivity contribution is 5.95. The number of carbonyl (C=O) groups is 7. The molecule has 0 bridgehead atoms. The molecule has 4 aromatic carbocycles. The zero-order valence-corrected chi connectivity index (χ0v) is 36.4. The third kappa shape index (κ3) is 18.1. The fourth-order valence-electron chi connectivity index (χ4n) is 6.82. The summed E-state index contributed by atoms with van der Waals surface area (Å²) >= 11 is 0. The maximum atomic E-state index is 14.4. The highest BCUT2D eigenvalue weighted by Gasteiger charge is 2.36. The predicted octanol–water partition coefficient (Wildman–Crippen LogP) is 5.66. The van der Waals surface area contributed by atoms with Crippen molar-refractivity contribution >= 4 is 47.4 Å². The smallest absolute Gasteiger partial charge is 0.408 e. The lowest BCUT2D eigenvalue weighted by Crippen LogP contribution is -2.58. The van der Waals surface area contributed by atoms with Crippen molar-refractivity contribution in [2.45, 2.75) is 89.4 Å². The maximum absolute atomic E-state index is 14.4. The van der Waals surface area contributed by atoms with Crippen molar-refractivity contribution in [3.05, 3.63) is 137 Å². The number of carboxylic acids is 2. The third-order valence-electron chi connectivity index (χ3n) is 10.0. The van der Waals surface area contributed by atoms with E-state index in [1.165, 1.54) is 24.3 Å². The molecule has 6 N–H and O–H groups in total. The molecule has 17 heteroatoms. The average Bonchev–Trinajstić information content (AvgIpc) is 3.27. The second kappa shape index (κ2) is 25.0. The third-order valence-corrected chi connectivity index (χ3v) is 10.0. The van der Waals surface area contributed by atoms with E-state index in [4.69, 9.17) is 9.47 Å². The Kier molecular flexibility index (Phi) is 19.3. The monoisotopic (exact) mass is 893 g/mol. The van der Waals surface area contributed by atoms with Crippen LogP contribution in [0.4, 0.5) is 10.5 Å². The number of alkyl carbamates (subject to hydrolysis) is 1. The Balaban J connectivity index is 1.64. The van der Waals surface area contributed by atoms with E-state index < -0.39 is 96.7 Å². The van der Waals surface area contributed by atoms with Gasteiger partial charge in [0.15, 0.2) is 0 Å². The van der Waals surface area contributed by atoms with Gasteiger partial charge in [-0.3, -0.25) is 24.0 Å². The van der Waals surface area contributed by atoms with Gasteiger partial charge in [0, 0.05) is 0 Å². The number of rotatable bonds is 24. The summed E-state index contributed by atoms with van der Waals surface area (Å²) in [6.45, 7) is 4.16. The summed E-state index contributed by atoms with van der Waals surface area (Å²) in [5, 5.41) is 33.6. The molecule has 5 atom stereocenters. The predicted molar refractivity (Wildman–Crippen MR) is 239 cm³/mol. The Morgan fingerprint density at radius 3 is 1.52 bits per heavy atom. The van der Waals surface area contributed by atoms with Crippen LogP contribution in [0.15, 0.2) is 120 Å². The summed E-state index contributed by atoms with van der Waals surface area (Å²) in [6.07, 6.45) is -1.15. The molecule has 0 fully saturated rings. The van der Waals surface area contributed by atoms with Crippen molar-refractivity contribution in [2.24, 2.45) is 17.0 Å². The number of esters is 1. The largest absolute Gasteiger partial charge is 0.481 e. The number of benzene rings is 4. The molecule has 5 unspecified atom stereocenters. The topological polar surface area (TPSA) is 256 Å². The van der Waals surface area contributed by atoms with Crippen LogP contribution in [0.3, 0.4) is 0 Å². The first kappa shape index (κ1) is 50.2. The molecule has 0 heterocycles. The van der Waals surface area contributed by atoms with Crippen LogP contribution in [-0.4, -0.2) is 82.2 Å². The molecule has 4 aromatic rings. The first-order chi connectivity index (χ1) is 31.0. The first-order valence-electron chi connectivity index (χ1n) is 21.1. The molecule has 0 saturated carbocycles. The van der Waals surface area contributed by atoms with E-state index in [1.807, 2.05) is 30.3 Å². The lowest BCUT2D eigenvalue weighted by atomic mass is 9.90. The van der Waals surface area contributed by atoms with Crippen LogP contribution in [0, 0.1) is 16.7 Å². The van der Waals surface area contributed by atoms with Crippen molar-refractivity contribution in [3.63, 3.8) is 0 Å². The summed E-state index contributed by atoms with van der Waals surface area (Å²) in [5.41, 5.74) is 1.32. The lowest BCUT2D eigenvalue weighted by molar-refractivity contribution is -0.144. The molecule has 0 aliphatic carbocycles. The van der Waals surface area contributed by atoms with Crippen molar-refractivity contribution < 1.29 is 53.2 Å². The number of hydrogen-bond acceptors (Lipinski definition) is 11. The van der Waals surface area contributed by atoms with Gasteiger partial charge in [-0.05, 0) is 112 Å². The number of ether oxygens (including phenoxy) is 2. The van der Waals surface area contributed by atoms with Crippen LogP contribution in [0.2, 0.25) is 0 Å². The van der Waals surface area contributed by atoms with Gasteiger partial charge in [0.05, 0.1) is 11.8 Å².